The van der Waals surface area contributed by atoms with E-state index in [2.05, 4.69) is 25.7 Å². The molecule has 0 aromatic carbocycles. The maximum atomic E-state index is 12.4. The molecule has 1 unspecified atom stereocenters. The number of aliphatic hydroxyl groups excluding tert-OH is 2. The average Bonchev–Trinajstić information content (AvgIpc) is 3.73. The summed E-state index contributed by atoms with van der Waals surface area (Å²) >= 11 is 0. The van der Waals surface area contributed by atoms with Gasteiger partial charge in [0, 0.05) is 37.3 Å². The molecule has 4 aromatic rings. The molecule has 0 radical (unpaired) electrons. The van der Waals surface area contributed by atoms with Crippen LogP contribution in [0.3, 0.4) is 0 Å². The molecule has 0 saturated carbocycles. The molecular formula is C24H27N9O5. The third kappa shape index (κ3) is 4.36. The molecule has 14 nitrogen and oxygen atoms in total. The third-order valence-corrected chi connectivity index (χ3v) is 6.60. The smallest absolute Gasteiger partial charge is 0.254 e. The van der Waals surface area contributed by atoms with E-state index in [1.54, 1.807) is 36.4 Å². The summed E-state index contributed by atoms with van der Waals surface area (Å²) in [5.74, 6) is 0.216. The van der Waals surface area contributed by atoms with Gasteiger partial charge in [-0.1, -0.05) is 0 Å². The number of nitrogens with one attached hydrogen (secondary N) is 2. The fourth-order valence-corrected chi connectivity index (χ4v) is 4.64. The summed E-state index contributed by atoms with van der Waals surface area (Å²) in [6.07, 6.45) is 4.02. The lowest BCUT2D eigenvalue weighted by Crippen LogP contribution is -2.42. The lowest BCUT2D eigenvalue weighted by molar-refractivity contribution is -0.137. The van der Waals surface area contributed by atoms with Crippen molar-refractivity contribution < 1.29 is 24.5 Å². The maximum absolute atomic E-state index is 12.4. The van der Waals surface area contributed by atoms with Crippen LogP contribution in [0.15, 0.2) is 43.2 Å². The summed E-state index contributed by atoms with van der Waals surface area (Å²) in [5, 5.41) is 31.8. The first-order valence-corrected chi connectivity index (χ1v) is 12.4. The van der Waals surface area contributed by atoms with Crippen LogP contribution in [0.2, 0.25) is 0 Å². The van der Waals surface area contributed by atoms with Gasteiger partial charge in [-0.2, -0.15) is 15.1 Å². The first-order valence-electron chi connectivity index (χ1n) is 12.4. The highest BCUT2D eigenvalue weighted by Crippen LogP contribution is 2.33. The van der Waals surface area contributed by atoms with Crippen molar-refractivity contribution in [3.05, 3.63) is 43.2 Å². The zero-order valence-corrected chi connectivity index (χ0v) is 20.5. The van der Waals surface area contributed by atoms with Crippen molar-refractivity contribution in [1.82, 2.24) is 39.6 Å². The summed E-state index contributed by atoms with van der Waals surface area (Å²) in [7, 11) is 0. The van der Waals surface area contributed by atoms with Crippen molar-refractivity contribution in [3.8, 4) is 17.1 Å². The van der Waals surface area contributed by atoms with E-state index in [9.17, 15) is 15.0 Å². The van der Waals surface area contributed by atoms with Crippen LogP contribution < -0.4 is 10.6 Å². The minimum Gasteiger partial charge on any atom is -0.387 e. The first-order chi connectivity index (χ1) is 18.5. The molecule has 0 bridgehead atoms. The molecule has 1 amide bonds. The zero-order valence-electron chi connectivity index (χ0n) is 20.5. The fraction of sp³-hybridized carbons (Fsp3) is 0.417. The number of carbonyl (C=O) groups is 1. The quantitative estimate of drug-likeness (QED) is 0.258. The fourth-order valence-electron chi connectivity index (χ4n) is 4.64. The van der Waals surface area contributed by atoms with Crippen LogP contribution in [0.1, 0.15) is 19.6 Å². The Morgan fingerprint density at radius 2 is 2.03 bits per heavy atom. The highest BCUT2D eigenvalue weighted by atomic mass is 16.6. The number of hydrogen-bond donors (Lipinski definition) is 4. The van der Waals surface area contributed by atoms with Gasteiger partial charge in [0.15, 0.2) is 29.3 Å². The van der Waals surface area contributed by atoms with Gasteiger partial charge in [0.05, 0.1) is 25.2 Å². The van der Waals surface area contributed by atoms with Crippen molar-refractivity contribution in [2.24, 2.45) is 0 Å². The first kappa shape index (κ1) is 24.4. The molecule has 38 heavy (non-hydrogen) atoms. The van der Waals surface area contributed by atoms with Gasteiger partial charge in [-0.3, -0.25) is 14.3 Å². The third-order valence-electron chi connectivity index (χ3n) is 6.60. The molecule has 2 fully saturated rings. The number of aliphatic hydroxyl groups is 2. The second-order valence-electron chi connectivity index (χ2n) is 9.13. The number of hydrogen-bond acceptors (Lipinski definition) is 11. The molecule has 6 rings (SSSR count). The van der Waals surface area contributed by atoms with Gasteiger partial charge in [-0.05, 0) is 31.0 Å². The molecule has 4 N–H and O–H groups in total. The van der Waals surface area contributed by atoms with Crippen LogP contribution >= 0.6 is 0 Å². The van der Waals surface area contributed by atoms with Crippen molar-refractivity contribution in [2.45, 2.75) is 43.9 Å². The van der Waals surface area contributed by atoms with Crippen molar-refractivity contribution in [1.29, 1.82) is 0 Å². The molecule has 198 valence electrons. The monoisotopic (exact) mass is 521 g/mol. The van der Waals surface area contributed by atoms with E-state index in [1.807, 2.05) is 12.1 Å². The van der Waals surface area contributed by atoms with Crippen LogP contribution in [0.25, 0.3) is 28.2 Å². The minimum absolute atomic E-state index is 0.0355. The number of ether oxygens (including phenoxy) is 2. The molecular weight excluding hydrogens is 494 g/mol. The number of likely N-dealkylation sites (N-methyl/N-ethyl adjacent to an activating group) is 1. The Bertz CT molecular complexity index is 1440. The minimum atomic E-state index is -1.42. The van der Waals surface area contributed by atoms with Crippen molar-refractivity contribution in [2.75, 3.05) is 25.1 Å². The van der Waals surface area contributed by atoms with E-state index in [4.69, 9.17) is 19.4 Å². The van der Waals surface area contributed by atoms with E-state index in [1.165, 1.54) is 10.9 Å². The Hall–Kier alpha value is -3.98. The Morgan fingerprint density at radius 3 is 2.79 bits per heavy atom. The molecule has 0 spiro atoms. The van der Waals surface area contributed by atoms with Crippen molar-refractivity contribution >= 4 is 22.9 Å². The molecule has 14 heteroatoms. The van der Waals surface area contributed by atoms with E-state index < -0.39 is 30.4 Å². The normalized spacial score (nSPS) is 25.2. The highest BCUT2D eigenvalue weighted by molar-refractivity contribution is 5.84. The molecule has 6 heterocycles. The van der Waals surface area contributed by atoms with Gasteiger partial charge in [0.2, 0.25) is 0 Å². The summed E-state index contributed by atoms with van der Waals surface area (Å²) in [4.78, 5) is 30.3. The summed E-state index contributed by atoms with van der Waals surface area (Å²) in [6.45, 7) is 3.29. The standard InChI is InChI=1S/C24H27N9O5/c1-2-26-22(36)19-17(34)18(35)23(38-19)32-12-27-16-20(29-15-5-8-37-11-15)30-24(31-21(16)32)33-10-14(9-28-33)13-3-6-25-7-4-13/h3-4,6-7,9-10,12,15,17-19,23,34-35H,2,5,8,11H2,1H3,(H,26,36)(H,29,30,31)/t15?,17-,18+,19-,23+/m0/s1. The van der Waals surface area contributed by atoms with E-state index in [0.29, 0.717) is 36.7 Å². The number of anilines is 1. The van der Waals surface area contributed by atoms with E-state index in [-0.39, 0.29) is 12.0 Å². The number of nitrogens with zero attached hydrogens (tertiary/aromatic N) is 7. The van der Waals surface area contributed by atoms with Crippen LogP contribution in [-0.2, 0) is 14.3 Å². The van der Waals surface area contributed by atoms with Crippen LogP contribution in [0.5, 0.6) is 0 Å². The SMILES string of the molecule is CCNC(=O)[C@H]1O[C@@H](n2cnc3c(NC4CCOC4)nc(-n4cc(-c5ccncc5)cn4)nc32)[C@H](O)[C@@H]1O. The number of rotatable bonds is 7. The Balaban J connectivity index is 1.41. The highest BCUT2D eigenvalue weighted by Gasteiger charge is 2.47. The summed E-state index contributed by atoms with van der Waals surface area (Å²) in [6, 6.07) is 3.79. The molecule has 2 saturated heterocycles. The summed E-state index contributed by atoms with van der Waals surface area (Å²) in [5.41, 5.74) is 2.57. The van der Waals surface area contributed by atoms with Gasteiger partial charge in [-0.15, -0.1) is 0 Å². The molecule has 4 aromatic heterocycles. The average molecular weight is 522 g/mol. The van der Waals surface area contributed by atoms with E-state index >= 15 is 0 Å². The second kappa shape index (κ2) is 10.1. The lowest BCUT2D eigenvalue weighted by Gasteiger charge is -2.17. The Labute approximate surface area is 216 Å². The number of aromatic nitrogens is 7. The van der Waals surface area contributed by atoms with Gasteiger partial charge in [0.1, 0.15) is 12.2 Å². The van der Waals surface area contributed by atoms with Crippen LogP contribution in [-0.4, -0.2) is 94.5 Å². The van der Waals surface area contributed by atoms with Crippen LogP contribution in [0.4, 0.5) is 5.82 Å². The maximum Gasteiger partial charge on any atom is 0.254 e. The van der Waals surface area contributed by atoms with Crippen LogP contribution in [0, 0.1) is 0 Å². The predicted octanol–water partition coefficient (Wildman–Crippen LogP) is 0.0301. The van der Waals surface area contributed by atoms with Crippen molar-refractivity contribution in [3.63, 3.8) is 0 Å². The predicted molar refractivity (Wildman–Crippen MR) is 133 cm³/mol. The zero-order chi connectivity index (χ0) is 26.2. The number of imidazole rings is 1. The number of amides is 1. The van der Waals surface area contributed by atoms with E-state index in [0.717, 1.165) is 17.5 Å². The topological polar surface area (TPSA) is 174 Å². The Kier molecular flexibility index (Phi) is 6.45. The van der Waals surface area contributed by atoms with Gasteiger partial charge in [0.25, 0.3) is 11.9 Å². The molecule has 0 aliphatic carbocycles. The van der Waals surface area contributed by atoms with Gasteiger partial charge >= 0.3 is 0 Å². The molecule has 2 aliphatic rings. The molecule has 2 aliphatic heterocycles. The Morgan fingerprint density at radius 1 is 1.18 bits per heavy atom. The van der Waals surface area contributed by atoms with Gasteiger partial charge < -0.3 is 30.3 Å². The number of carbonyl (C=O) groups excluding carboxylic acids is 1. The van der Waals surface area contributed by atoms with Gasteiger partial charge in [-0.25, -0.2) is 9.67 Å². The lowest BCUT2D eigenvalue weighted by atomic mass is 10.1. The number of fused-ring (bicyclic) bond motifs is 1. The molecule has 5 atom stereocenters. The second-order valence-corrected chi connectivity index (χ2v) is 9.13. The number of pyridine rings is 1. The summed E-state index contributed by atoms with van der Waals surface area (Å²) < 4.78 is 14.4. The largest absolute Gasteiger partial charge is 0.387 e.